The summed E-state index contributed by atoms with van der Waals surface area (Å²) in [6.07, 6.45) is 4.24. The Kier molecular flexibility index (Phi) is 5.58. The fourth-order valence-electron chi connectivity index (χ4n) is 3.84. The van der Waals surface area contributed by atoms with E-state index in [2.05, 4.69) is 0 Å². The molecule has 4 rings (SSSR count). The van der Waals surface area contributed by atoms with Gasteiger partial charge < -0.3 is 4.74 Å². The van der Waals surface area contributed by atoms with Gasteiger partial charge in [0.1, 0.15) is 6.61 Å². The molecule has 0 saturated heterocycles. The van der Waals surface area contributed by atoms with E-state index in [0.29, 0.717) is 22.9 Å². The quantitative estimate of drug-likeness (QED) is 0.338. The Hall–Kier alpha value is -3.87. The molecule has 31 heavy (non-hydrogen) atoms. The normalized spacial score (nSPS) is 14.3. The Labute approximate surface area is 178 Å². The van der Waals surface area contributed by atoms with E-state index in [1.54, 1.807) is 12.1 Å². The number of non-ortho nitro benzene ring substituents is 1. The number of ether oxygens (including phenoxy) is 1. The molecule has 0 N–H and O–H groups in total. The van der Waals surface area contributed by atoms with Crippen molar-refractivity contribution < 1.29 is 19.2 Å². The Morgan fingerprint density at radius 3 is 2.58 bits per heavy atom. The zero-order chi connectivity index (χ0) is 22.0. The maximum absolute atomic E-state index is 12.9. The third-order valence-corrected chi connectivity index (χ3v) is 5.23. The number of allylic oxidation sites excluding steroid dienone is 1. The van der Waals surface area contributed by atoms with Gasteiger partial charge in [-0.05, 0) is 67.2 Å². The Bertz CT molecular complexity index is 1230. The highest BCUT2D eigenvalue weighted by molar-refractivity contribution is 6.07. The van der Waals surface area contributed by atoms with Crippen LogP contribution in [0.3, 0.4) is 0 Å². The molecule has 0 unspecified atom stereocenters. The molecular formula is C24H20N2O5. The highest BCUT2D eigenvalue weighted by Crippen LogP contribution is 2.36. The predicted octanol–water partition coefficient (Wildman–Crippen LogP) is 4.77. The van der Waals surface area contributed by atoms with Gasteiger partial charge in [-0.3, -0.25) is 14.9 Å². The Morgan fingerprint density at radius 2 is 1.87 bits per heavy atom. The minimum atomic E-state index is -0.526. The summed E-state index contributed by atoms with van der Waals surface area (Å²) < 4.78 is 5.25. The number of ketones is 1. The summed E-state index contributed by atoms with van der Waals surface area (Å²) in [5, 5.41) is 11.6. The number of aromatic nitrogens is 1. The van der Waals surface area contributed by atoms with Crippen LogP contribution >= 0.6 is 0 Å². The first-order valence-electron chi connectivity index (χ1n) is 9.97. The number of Topliss-reactive ketones (excluding diaryl/α,β-unsaturated/α-hetero) is 1. The molecule has 1 aliphatic rings. The SMILES string of the molecule is CC(=O)COC(=O)c1c2c(nc3ccccc13)C(=Cc1ccc([N+](=O)[O-])cc1)CCC2. The number of nitrogens with zero attached hydrogens (tertiary/aromatic N) is 2. The molecule has 7 nitrogen and oxygen atoms in total. The fraction of sp³-hybridized carbons (Fsp3) is 0.208. The van der Waals surface area contributed by atoms with Gasteiger partial charge in [-0.2, -0.15) is 0 Å². The predicted molar refractivity (Wildman–Crippen MR) is 117 cm³/mol. The molecule has 1 heterocycles. The molecule has 0 spiro atoms. The zero-order valence-corrected chi connectivity index (χ0v) is 17.0. The maximum atomic E-state index is 12.9. The van der Waals surface area contributed by atoms with Crippen molar-refractivity contribution in [1.82, 2.24) is 4.98 Å². The number of carbonyl (C=O) groups excluding carboxylic acids is 2. The van der Waals surface area contributed by atoms with Crippen molar-refractivity contribution in [3.05, 3.63) is 81.0 Å². The number of rotatable bonds is 5. The van der Waals surface area contributed by atoms with E-state index in [9.17, 15) is 19.7 Å². The average Bonchev–Trinajstić information content (AvgIpc) is 2.76. The molecule has 1 aromatic heterocycles. The molecule has 0 atom stereocenters. The highest BCUT2D eigenvalue weighted by Gasteiger charge is 2.26. The van der Waals surface area contributed by atoms with E-state index in [1.807, 2.05) is 30.3 Å². The number of fused-ring (bicyclic) bond motifs is 2. The van der Waals surface area contributed by atoms with Crippen LogP contribution in [-0.2, 0) is 16.0 Å². The van der Waals surface area contributed by atoms with Crippen LogP contribution in [0.25, 0.3) is 22.6 Å². The summed E-state index contributed by atoms with van der Waals surface area (Å²) in [5.74, 6) is -0.749. The second-order valence-corrected chi connectivity index (χ2v) is 7.48. The van der Waals surface area contributed by atoms with Crippen LogP contribution < -0.4 is 0 Å². The number of para-hydroxylation sites is 1. The van der Waals surface area contributed by atoms with Crippen molar-refractivity contribution in [1.29, 1.82) is 0 Å². The first kappa shape index (κ1) is 20.4. The van der Waals surface area contributed by atoms with Crippen LogP contribution in [0.5, 0.6) is 0 Å². The molecule has 0 radical (unpaired) electrons. The van der Waals surface area contributed by atoms with Crippen molar-refractivity contribution in [2.24, 2.45) is 0 Å². The molecule has 0 saturated carbocycles. The number of pyridine rings is 1. The minimum Gasteiger partial charge on any atom is -0.454 e. The van der Waals surface area contributed by atoms with Gasteiger partial charge in [0.2, 0.25) is 0 Å². The molecule has 1 aliphatic carbocycles. The highest BCUT2D eigenvalue weighted by atomic mass is 16.6. The van der Waals surface area contributed by atoms with Gasteiger partial charge in [0.15, 0.2) is 5.78 Å². The standard InChI is InChI=1S/C24H20N2O5/c1-15(27)14-31-24(28)22-19-6-2-3-8-21(19)25-23-17(5-4-7-20(22)23)13-16-9-11-18(12-10-16)26(29)30/h2-3,6,8-13H,4-5,7,14H2,1H3. The van der Waals surface area contributed by atoms with Gasteiger partial charge in [-0.25, -0.2) is 9.78 Å². The summed E-state index contributed by atoms with van der Waals surface area (Å²) in [6, 6.07) is 13.7. The van der Waals surface area contributed by atoms with Crippen molar-refractivity contribution >= 4 is 40.0 Å². The number of carbonyl (C=O) groups is 2. The summed E-state index contributed by atoms with van der Waals surface area (Å²) in [6.45, 7) is 1.11. The molecule has 0 bridgehead atoms. The van der Waals surface area contributed by atoms with E-state index in [1.165, 1.54) is 19.1 Å². The van der Waals surface area contributed by atoms with Crippen LogP contribution in [0.4, 0.5) is 5.69 Å². The van der Waals surface area contributed by atoms with Crippen LogP contribution in [0, 0.1) is 10.1 Å². The summed E-state index contributed by atoms with van der Waals surface area (Å²) in [5.41, 5.74) is 4.49. The number of nitro benzene ring substituents is 1. The van der Waals surface area contributed by atoms with Crippen LogP contribution in [0.2, 0.25) is 0 Å². The molecule has 0 amide bonds. The van der Waals surface area contributed by atoms with Crippen molar-refractivity contribution in [3.63, 3.8) is 0 Å². The molecule has 156 valence electrons. The molecule has 0 aliphatic heterocycles. The maximum Gasteiger partial charge on any atom is 0.339 e. The van der Waals surface area contributed by atoms with Crippen molar-refractivity contribution in [2.75, 3.05) is 6.61 Å². The van der Waals surface area contributed by atoms with Gasteiger partial charge in [0, 0.05) is 17.5 Å². The van der Waals surface area contributed by atoms with Crippen LogP contribution in [0.15, 0.2) is 48.5 Å². The van der Waals surface area contributed by atoms with Gasteiger partial charge >= 0.3 is 5.97 Å². The van der Waals surface area contributed by atoms with Gasteiger partial charge in [0.25, 0.3) is 5.69 Å². The van der Waals surface area contributed by atoms with E-state index in [0.717, 1.165) is 35.2 Å². The monoisotopic (exact) mass is 416 g/mol. The van der Waals surface area contributed by atoms with E-state index in [4.69, 9.17) is 9.72 Å². The largest absolute Gasteiger partial charge is 0.454 e. The first-order chi connectivity index (χ1) is 14.9. The first-order valence-corrected chi connectivity index (χ1v) is 9.97. The Morgan fingerprint density at radius 1 is 1.13 bits per heavy atom. The number of hydrogen-bond donors (Lipinski definition) is 0. The number of hydrogen-bond acceptors (Lipinski definition) is 6. The average molecular weight is 416 g/mol. The van der Waals surface area contributed by atoms with Gasteiger partial charge in [-0.1, -0.05) is 18.2 Å². The fourth-order valence-corrected chi connectivity index (χ4v) is 3.84. The van der Waals surface area contributed by atoms with E-state index in [-0.39, 0.29) is 18.1 Å². The molecule has 0 fully saturated rings. The third kappa shape index (κ3) is 4.21. The third-order valence-electron chi connectivity index (χ3n) is 5.23. The Balaban J connectivity index is 1.83. The van der Waals surface area contributed by atoms with Gasteiger partial charge in [-0.15, -0.1) is 0 Å². The smallest absolute Gasteiger partial charge is 0.339 e. The van der Waals surface area contributed by atoms with Crippen LogP contribution in [-0.4, -0.2) is 28.3 Å². The lowest BCUT2D eigenvalue weighted by Crippen LogP contribution is -2.17. The van der Waals surface area contributed by atoms with Crippen molar-refractivity contribution in [2.45, 2.75) is 26.2 Å². The molecule has 7 heteroatoms. The van der Waals surface area contributed by atoms with E-state index >= 15 is 0 Å². The lowest BCUT2D eigenvalue weighted by Gasteiger charge is -2.22. The molecule has 3 aromatic rings. The van der Waals surface area contributed by atoms with Crippen LogP contribution in [0.1, 0.15) is 46.9 Å². The summed E-state index contributed by atoms with van der Waals surface area (Å²) in [7, 11) is 0. The van der Waals surface area contributed by atoms with Crippen molar-refractivity contribution in [3.8, 4) is 0 Å². The van der Waals surface area contributed by atoms with E-state index < -0.39 is 10.9 Å². The molecule has 2 aromatic carbocycles. The van der Waals surface area contributed by atoms with Gasteiger partial charge in [0.05, 0.1) is 21.7 Å². The topological polar surface area (TPSA) is 99.4 Å². The summed E-state index contributed by atoms with van der Waals surface area (Å²) >= 11 is 0. The minimum absolute atomic E-state index is 0.0332. The zero-order valence-electron chi connectivity index (χ0n) is 17.0. The molecular weight excluding hydrogens is 396 g/mol. The lowest BCUT2D eigenvalue weighted by molar-refractivity contribution is -0.384. The number of nitro groups is 1. The second-order valence-electron chi connectivity index (χ2n) is 7.48. The summed E-state index contributed by atoms with van der Waals surface area (Å²) in [4.78, 5) is 39.5. The second kappa shape index (κ2) is 8.47. The number of esters is 1. The number of benzene rings is 2. The lowest BCUT2D eigenvalue weighted by atomic mass is 9.86.